The predicted octanol–water partition coefficient (Wildman–Crippen LogP) is 5.67. The molecule has 3 N–H and O–H groups in total. The maximum absolute atomic E-state index is 15.9. The van der Waals surface area contributed by atoms with Crippen LogP contribution in [-0.4, -0.2) is 94.3 Å². The van der Waals surface area contributed by atoms with Crippen LogP contribution < -0.4 is 16.0 Å². The van der Waals surface area contributed by atoms with E-state index in [2.05, 4.69) is 21.0 Å². The number of likely N-dealkylation sites (tertiary alicyclic amines) is 1. The summed E-state index contributed by atoms with van der Waals surface area (Å²) < 4.78 is 49.7. The first-order valence-electron chi connectivity index (χ1n) is 18.5. The Morgan fingerprint density at radius 3 is 2.38 bits per heavy atom. The predicted molar refractivity (Wildman–Crippen MR) is 193 cm³/mol. The zero-order valence-electron chi connectivity index (χ0n) is 31.4. The summed E-state index contributed by atoms with van der Waals surface area (Å²) in [5, 5.41) is 12.4. The number of piperidine rings is 1. The molecule has 0 radical (unpaired) electrons. The molecule has 0 spiro atoms. The van der Waals surface area contributed by atoms with Gasteiger partial charge in [-0.2, -0.15) is 13.9 Å². The van der Waals surface area contributed by atoms with E-state index >= 15 is 4.39 Å². The number of nitrogens with zero attached hydrogens (tertiary/aromatic N) is 4. The van der Waals surface area contributed by atoms with Crippen molar-refractivity contribution in [2.75, 3.05) is 32.6 Å². The number of halogens is 3. The van der Waals surface area contributed by atoms with Crippen LogP contribution in [0.4, 0.5) is 23.7 Å². The highest BCUT2D eigenvalue weighted by Crippen LogP contribution is 2.35. The lowest BCUT2D eigenvalue weighted by Crippen LogP contribution is -2.58. The number of hydrogen-bond donors (Lipinski definition) is 3. The minimum atomic E-state index is -1.73. The number of ether oxygens (including phenoxy) is 1. The molecule has 15 heteroatoms. The van der Waals surface area contributed by atoms with Crippen molar-refractivity contribution in [3.8, 4) is 0 Å². The van der Waals surface area contributed by atoms with Crippen LogP contribution in [0.15, 0.2) is 42.1 Å². The van der Waals surface area contributed by atoms with Crippen molar-refractivity contribution in [3.05, 3.63) is 59.2 Å². The van der Waals surface area contributed by atoms with Gasteiger partial charge in [-0.1, -0.05) is 19.9 Å². The molecule has 3 fully saturated rings. The Morgan fingerprint density at radius 2 is 1.79 bits per heavy atom. The minimum Gasteiger partial charge on any atom is -0.378 e. The summed E-state index contributed by atoms with van der Waals surface area (Å²) in [7, 11) is 3.35. The molecule has 2 saturated carbocycles. The van der Waals surface area contributed by atoms with Crippen LogP contribution in [0.3, 0.4) is 0 Å². The third-order valence-corrected chi connectivity index (χ3v) is 11.6. The standard InChI is InChI=1S/C38H52F3N7O5/c1-7-48-30(16-18-42-48)34(49)44-32(24-8-10-25(11-9-24)33(40)41)35(50)43-29-15-12-26(20-28(29)39)23(3)31(45-37(52)46(5)27-13-14-27)36(51)47-19-17-38(4,53-6)22(2)21-47/h12,15-16,18,20,22-24,27,31-32H,7-11,13-14,17,19,21H2,1-6H3,(H,43,50)(H,44,49)(H,45,52)/t22-,23+,31-,32+,38-/m1/s1. The molecule has 2 heterocycles. The van der Waals surface area contributed by atoms with Crippen LogP contribution >= 0.6 is 0 Å². The number of aromatic nitrogens is 2. The molecular formula is C38H52F3N7O5. The van der Waals surface area contributed by atoms with E-state index in [0.29, 0.717) is 31.6 Å². The van der Waals surface area contributed by atoms with Crippen LogP contribution in [0.5, 0.6) is 0 Å². The maximum atomic E-state index is 15.9. The van der Waals surface area contributed by atoms with Gasteiger partial charge in [-0.25, -0.2) is 9.18 Å². The summed E-state index contributed by atoms with van der Waals surface area (Å²) in [6, 6.07) is 3.30. The molecule has 3 aliphatic rings. The molecule has 1 aliphatic heterocycles. The summed E-state index contributed by atoms with van der Waals surface area (Å²) >= 11 is 0. The molecule has 1 aromatic carbocycles. The van der Waals surface area contributed by atoms with Gasteiger partial charge in [0.15, 0.2) is 0 Å². The van der Waals surface area contributed by atoms with Crippen LogP contribution in [0.2, 0.25) is 0 Å². The minimum absolute atomic E-state index is 0.0296. The van der Waals surface area contributed by atoms with E-state index in [4.69, 9.17) is 4.74 Å². The highest BCUT2D eigenvalue weighted by Gasteiger charge is 2.42. The monoisotopic (exact) mass is 743 g/mol. The first kappa shape index (κ1) is 39.8. The molecule has 5 rings (SSSR count). The van der Waals surface area contributed by atoms with Crippen molar-refractivity contribution in [2.45, 2.75) is 109 Å². The number of benzene rings is 1. The average molecular weight is 744 g/mol. The second-order valence-electron chi connectivity index (χ2n) is 14.9. The van der Waals surface area contributed by atoms with Crippen LogP contribution in [0.1, 0.15) is 94.6 Å². The number of urea groups is 1. The van der Waals surface area contributed by atoms with Gasteiger partial charge < -0.3 is 30.5 Å². The van der Waals surface area contributed by atoms with Gasteiger partial charge in [-0.3, -0.25) is 19.1 Å². The number of rotatable bonds is 12. The molecule has 2 aromatic rings. The maximum Gasteiger partial charge on any atom is 0.318 e. The molecule has 0 unspecified atom stereocenters. The van der Waals surface area contributed by atoms with Crippen LogP contribution in [0, 0.1) is 17.7 Å². The van der Waals surface area contributed by atoms with E-state index in [1.54, 1.807) is 36.9 Å². The van der Waals surface area contributed by atoms with Crippen molar-refractivity contribution in [1.82, 2.24) is 30.2 Å². The Morgan fingerprint density at radius 1 is 1.09 bits per heavy atom. The fourth-order valence-corrected chi connectivity index (χ4v) is 7.40. The normalized spacial score (nSPS) is 23.4. The Bertz CT molecular complexity index is 1700. The number of amides is 5. The third kappa shape index (κ3) is 9.05. The van der Waals surface area contributed by atoms with Gasteiger partial charge in [-0.15, -0.1) is 0 Å². The first-order valence-corrected chi connectivity index (χ1v) is 18.5. The van der Waals surface area contributed by atoms with Gasteiger partial charge >= 0.3 is 6.03 Å². The van der Waals surface area contributed by atoms with Crippen molar-refractivity contribution in [2.24, 2.45) is 11.8 Å². The van der Waals surface area contributed by atoms with Gasteiger partial charge in [0.05, 0.1) is 11.3 Å². The molecule has 1 aromatic heterocycles. The fourth-order valence-electron chi connectivity index (χ4n) is 7.40. The number of methoxy groups -OCH3 is 1. The van der Waals surface area contributed by atoms with E-state index < -0.39 is 47.6 Å². The Balaban J connectivity index is 1.35. The van der Waals surface area contributed by atoms with Crippen molar-refractivity contribution >= 4 is 29.4 Å². The van der Waals surface area contributed by atoms with E-state index in [9.17, 15) is 28.0 Å². The van der Waals surface area contributed by atoms with Crippen LogP contribution in [-0.2, 0) is 20.9 Å². The highest BCUT2D eigenvalue weighted by molar-refractivity contribution is 6.00. The molecule has 2 aliphatic carbocycles. The summed E-state index contributed by atoms with van der Waals surface area (Å²) in [5.41, 5.74) is 0.144. The Labute approximate surface area is 308 Å². The lowest BCUT2D eigenvalue weighted by molar-refractivity contribution is -0.143. The molecule has 53 heavy (non-hydrogen) atoms. The number of carbonyl (C=O) groups is 4. The van der Waals surface area contributed by atoms with E-state index in [1.165, 1.54) is 29.1 Å². The molecule has 5 atom stereocenters. The lowest BCUT2D eigenvalue weighted by Gasteiger charge is -2.44. The number of carbonyl (C=O) groups excluding carboxylic acids is 4. The number of hydrogen-bond acceptors (Lipinski definition) is 6. The van der Waals surface area contributed by atoms with Gasteiger partial charge in [0.2, 0.25) is 11.8 Å². The summed E-state index contributed by atoms with van der Waals surface area (Å²) in [4.78, 5) is 57.8. The quantitative estimate of drug-likeness (QED) is 0.256. The van der Waals surface area contributed by atoms with Gasteiger partial charge in [0.25, 0.3) is 12.0 Å². The third-order valence-electron chi connectivity index (χ3n) is 11.6. The first-order chi connectivity index (χ1) is 25.2. The number of allylic oxidation sites excluding steroid dienone is 1. The number of aryl methyl sites for hydroxylation is 1. The molecule has 1 saturated heterocycles. The van der Waals surface area contributed by atoms with Crippen molar-refractivity contribution in [3.63, 3.8) is 0 Å². The van der Waals surface area contributed by atoms with E-state index in [0.717, 1.165) is 12.8 Å². The number of nitrogens with one attached hydrogen (secondary N) is 3. The van der Waals surface area contributed by atoms with Crippen molar-refractivity contribution in [1.29, 1.82) is 0 Å². The van der Waals surface area contributed by atoms with E-state index in [1.807, 2.05) is 20.8 Å². The summed E-state index contributed by atoms with van der Waals surface area (Å²) in [6.45, 7) is 8.87. The van der Waals surface area contributed by atoms with Gasteiger partial charge in [0.1, 0.15) is 23.6 Å². The fraction of sp³-hybridized carbons (Fsp3) is 0.605. The van der Waals surface area contributed by atoms with Crippen LogP contribution in [0.25, 0.3) is 0 Å². The topological polar surface area (TPSA) is 138 Å². The Hall–Kier alpha value is -4.40. The Kier molecular flexibility index (Phi) is 12.6. The second-order valence-corrected chi connectivity index (χ2v) is 14.9. The second kappa shape index (κ2) is 16.7. The zero-order valence-corrected chi connectivity index (χ0v) is 31.4. The van der Waals surface area contributed by atoms with Gasteiger partial charge in [0, 0.05) is 57.9 Å². The summed E-state index contributed by atoms with van der Waals surface area (Å²) in [6.07, 6.45) is 2.75. The molecule has 12 nitrogen and oxygen atoms in total. The smallest absolute Gasteiger partial charge is 0.318 e. The molecular weight excluding hydrogens is 691 g/mol. The molecule has 5 amide bonds. The van der Waals surface area contributed by atoms with Crippen molar-refractivity contribution < 1.29 is 37.1 Å². The highest BCUT2D eigenvalue weighted by atomic mass is 19.3. The zero-order chi connectivity index (χ0) is 38.6. The van der Waals surface area contributed by atoms with E-state index in [-0.39, 0.29) is 72.1 Å². The SMILES string of the molecule is CCn1nccc1C(=O)N[C@H](C(=O)Nc1ccc([C@H](C)[C@@H](NC(=O)N(C)C2CC2)C(=O)N2CC[C@@](C)(OC)[C@H](C)C2)cc1F)C1CCC(=C(F)F)CC1. The summed E-state index contributed by atoms with van der Waals surface area (Å²) in [5.74, 6) is -3.41. The number of anilines is 1. The largest absolute Gasteiger partial charge is 0.378 e. The van der Waals surface area contributed by atoms with Gasteiger partial charge in [-0.05, 0) is 94.0 Å². The lowest BCUT2D eigenvalue weighted by atomic mass is 9.81. The molecule has 0 bridgehead atoms. The molecule has 290 valence electrons. The average Bonchev–Trinajstić information content (AvgIpc) is 3.89.